The molecule has 2 aliphatic rings. The number of nitrogens with zero attached hydrogens (tertiary/aromatic N) is 4. The van der Waals surface area contributed by atoms with Gasteiger partial charge in [0, 0.05) is 37.8 Å². The number of fused-ring (bicyclic) bond motifs is 1. The zero-order chi connectivity index (χ0) is 23.5. The normalized spacial score (nSPS) is 14.6. The predicted molar refractivity (Wildman–Crippen MR) is 126 cm³/mol. The number of hydrogen-bond acceptors (Lipinski definition) is 8. The third-order valence-electron chi connectivity index (χ3n) is 5.86. The van der Waals surface area contributed by atoms with E-state index in [1.807, 2.05) is 30.3 Å². The average molecular weight is 463 g/mol. The summed E-state index contributed by atoms with van der Waals surface area (Å²) in [6.07, 6.45) is 0. The monoisotopic (exact) mass is 463 g/mol. The van der Waals surface area contributed by atoms with Crippen LogP contribution in [0.4, 0.5) is 16.3 Å². The zero-order valence-corrected chi connectivity index (χ0v) is 19.0. The van der Waals surface area contributed by atoms with Crippen molar-refractivity contribution >= 4 is 17.5 Å². The van der Waals surface area contributed by atoms with Crippen molar-refractivity contribution in [1.29, 1.82) is 0 Å². The van der Waals surface area contributed by atoms with Crippen molar-refractivity contribution in [1.82, 2.24) is 15.1 Å². The Morgan fingerprint density at radius 1 is 0.912 bits per heavy atom. The number of benzene rings is 2. The van der Waals surface area contributed by atoms with Gasteiger partial charge in [0.2, 0.25) is 6.79 Å². The lowest BCUT2D eigenvalue weighted by molar-refractivity contribution is 0.174. The molecule has 3 heterocycles. The average Bonchev–Trinajstić information content (AvgIpc) is 3.37. The summed E-state index contributed by atoms with van der Waals surface area (Å²) in [4.78, 5) is 16.7. The van der Waals surface area contributed by atoms with Crippen molar-refractivity contribution in [2.75, 3.05) is 57.4 Å². The van der Waals surface area contributed by atoms with E-state index in [1.165, 1.54) is 0 Å². The van der Waals surface area contributed by atoms with E-state index in [0.717, 1.165) is 22.8 Å². The molecule has 3 aromatic rings. The fourth-order valence-corrected chi connectivity index (χ4v) is 3.94. The number of urea groups is 1. The van der Waals surface area contributed by atoms with Gasteiger partial charge in [-0.3, -0.25) is 0 Å². The summed E-state index contributed by atoms with van der Waals surface area (Å²) in [6.45, 7) is 2.68. The first-order valence-electron chi connectivity index (χ1n) is 10.9. The van der Waals surface area contributed by atoms with Crippen molar-refractivity contribution in [2.24, 2.45) is 0 Å². The maximum atomic E-state index is 12.8. The minimum absolute atomic E-state index is 0.174. The molecule has 5 rings (SSSR count). The number of ether oxygens (including phenoxy) is 4. The smallest absolute Gasteiger partial charge is 0.322 e. The van der Waals surface area contributed by atoms with E-state index < -0.39 is 0 Å². The number of hydrogen-bond donors (Lipinski definition) is 1. The Balaban J connectivity index is 1.19. The molecule has 34 heavy (non-hydrogen) atoms. The summed E-state index contributed by atoms with van der Waals surface area (Å²) in [7, 11) is 3.14. The van der Waals surface area contributed by atoms with Crippen LogP contribution < -0.4 is 29.2 Å². The second-order valence-corrected chi connectivity index (χ2v) is 7.82. The van der Waals surface area contributed by atoms with Gasteiger partial charge in [0.15, 0.2) is 17.3 Å². The van der Waals surface area contributed by atoms with Crippen molar-refractivity contribution in [3.8, 4) is 34.3 Å². The maximum absolute atomic E-state index is 12.8. The number of carbonyl (C=O) groups excluding carboxylic acids is 1. The summed E-state index contributed by atoms with van der Waals surface area (Å²) < 4.78 is 21.4. The molecule has 0 unspecified atom stereocenters. The quantitative estimate of drug-likeness (QED) is 0.616. The van der Waals surface area contributed by atoms with Crippen LogP contribution in [0.1, 0.15) is 0 Å². The van der Waals surface area contributed by atoms with Crippen LogP contribution in [0.5, 0.6) is 23.0 Å². The Kier molecular flexibility index (Phi) is 5.94. The lowest BCUT2D eigenvalue weighted by atomic mass is 10.1. The summed E-state index contributed by atoms with van der Waals surface area (Å²) in [5.41, 5.74) is 2.27. The topological polar surface area (TPSA) is 98.3 Å². The van der Waals surface area contributed by atoms with E-state index in [0.29, 0.717) is 49.1 Å². The van der Waals surface area contributed by atoms with Crippen LogP contribution in [-0.2, 0) is 0 Å². The fourth-order valence-electron chi connectivity index (χ4n) is 3.94. The number of rotatable bonds is 5. The molecule has 0 aliphatic carbocycles. The first kappa shape index (κ1) is 21.6. The van der Waals surface area contributed by atoms with E-state index in [1.54, 1.807) is 37.3 Å². The van der Waals surface area contributed by atoms with Gasteiger partial charge in [-0.2, -0.15) is 0 Å². The number of nitrogens with one attached hydrogen (secondary N) is 1. The van der Waals surface area contributed by atoms with E-state index >= 15 is 0 Å². The molecular weight excluding hydrogens is 438 g/mol. The van der Waals surface area contributed by atoms with Crippen molar-refractivity contribution in [3.63, 3.8) is 0 Å². The van der Waals surface area contributed by atoms with Crippen molar-refractivity contribution in [3.05, 3.63) is 48.5 Å². The number of anilines is 2. The van der Waals surface area contributed by atoms with Crippen LogP contribution in [0.15, 0.2) is 48.5 Å². The molecule has 2 aliphatic heterocycles. The van der Waals surface area contributed by atoms with Gasteiger partial charge in [-0.05, 0) is 42.5 Å². The number of aromatic nitrogens is 2. The van der Waals surface area contributed by atoms with E-state index in [2.05, 4.69) is 20.4 Å². The van der Waals surface area contributed by atoms with Gasteiger partial charge in [-0.25, -0.2) is 4.79 Å². The van der Waals surface area contributed by atoms with Gasteiger partial charge < -0.3 is 34.1 Å². The molecule has 1 saturated heterocycles. The lowest BCUT2D eigenvalue weighted by Gasteiger charge is -2.35. The number of piperazine rings is 1. The Morgan fingerprint density at radius 3 is 2.47 bits per heavy atom. The van der Waals surface area contributed by atoms with Gasteiger partial charge >= 0.3 is 6.03 Å². The molecule has 10 heteroatoms. The minimum Gasteiger partial charge on any atom is -0.497 e. The van der Waals surface area contributed by atoms with Crippen LogP contribution in [0.2, 0.25) is 0 Å². The van der Waals surface area contributed by atoms with Crippen LogP contribution in [0, 0.1) is 0 Å². The van der Waals surface area contributed by atoms with E-state index in [-0.39, 0.29) is 12.8 Å². The molecule has 10 nitrogen and oxygen atoms in total. The van der Waals surface area contributed by atoms with Gasteiger partial charge in [0.05, 0.1) is 25.6 Å². The first-order chi connectivity index (χ1) is 16.6. The molecule has 0 saturated carbocycles. The maximum Gasteiger partial charge on any atom is 0.322 e. The lowest BCUT2D eigenvalue weighted by Crippen LogP contribution is -2.50. The molecule has 0 spiro atoms. The Hall–Kier alpha value is -4.21. The summed E-state index contributed by atoms with van der Waals surface area (Å²) in [5, 5.41) is 11.7. The van der Waals surface area contributed by atoms with Crippen LogP contribution in [-0.4, -0.2) is 68.3 Å². The highest BCUT2D eigenvalue weighted by atomic mass is 16.7. The second kappa shape index (κ2) is 9.34. The highest BCUT2D eigenvalue weighted by Gasteiger charge is 2.23. The minimum atomic E-state index is -0.174. The molecule has 0 bridgehead atoms. The van der Waals surface area contributed by atoms with Crippen molar-refractivity contribution < 1.29 is 23.7 Å². The largest absolute Gasteiger partial charge is 0.497 e. The molecule has 0 atom stereocenters. The molecule has 1 fully saturated rings. The Bertz CT molecular complexity index is 1180. The molecule has 176 valence electrons. The fraction of sp³-hybridized carbons (Fsp3) is 0.292. The predicted octanol–water partition coefficient (Wildman–Crippen LogP) is 3.24. The molecular formula is C24H25N5O5. The molecule has 2 aromatic carbocycles. The standard InChI is InChI=1S/C24H25N5O5/c1-31-17-4-5-19(21(14-17)32-2)25-24(30)29-11-9-28(10-12-29)23-8-6-18(26-27-23)16-3-7-20-22(13-16)34-15-33-20/h3-8,13-14H,9-12,15H2,1-2H3,(H,25,30). The van der Waals surface area contributed by atoms with Crippen LogP contribution in [0.3, 0.4) is 0 Å². The Morgan fingerprint density at radius 2 is 1.74 bits per heavy atom. The first-order valence-corrected chi connectivity index (χ1v) is 10.9. The third-order valence-corrected chi connectivity index (χ3v) is 5.86. The van der Waals surface area contributed by atoms with Gasteiger partial charge in [0.1, 0.15) is 11.5 Å². The highest BCUT2D eigenvalue weighted by molar-refractivity contribution is 5.91. The van der Waals surface area contributed by atoms with Crippen LogP contribution >= 0.6 is 0 Å². The molecule has 2 amide bonds. The highest BCUT2D eigenvalue weighted by Crippen LogP contribution is 2.35. The molecule has 1 aromatic heterocycles. The number of amides is 2. The number of carbonyl (C=O) groups is 1. The third kappa shape index (κ3) is 4.34. The summed E-state index contributed by atoms with van der Waals surface area (Å²) in [6, 6.07) is 14.7. The zero-order valence-electron chi connectivity index (χ0n) is 19.0. The van der Waals surface area contributed by atoms with Gasteiger partial charge in [-0.15, -0.1) is 10.2 Å². The van der Waals surface area contributed by atoms with E-state index in [4.69, 9.17) is 18.9 Å². The van der Waals surface area contributed by atoms with E-state index in [9.17, 15) is 4.79 Å². The summed E-state index contributed by atoms with van der Waals surface area (Å²) in [5.74, 6) is 3.44. The van der Waals surface area contributed by atoms with Gasteiger partial charge in [-0.1, -0.05) is 0 Å². The van der Waals surface area contributed by atoms with Crippen molar-refractivity contribution in [2.45, 2.75) is 0 Å². The van der Waals surface area contributed by atoms with Gasteiger partial charge in [0.25, 0.3) is 0 Å². The van der Waals surface area contributed by atoms with Crippen LogP contribution in [0.25, 0.3) is 11.3 Å². The Labute approximate surface area is 197 Å². The summed E-state index contributed by atoms with van der Waals surface area (Å²) >= 11 is 0. The number of methoxy groups -OCH3 is 2. The molecule has 0 radical (unpaired) electrons. The second-order valence-electron chi connectivity index (χ2n) is 7.82. The SMILES string of the molecule is COc1ccc(NC(=O)N2CCN(c3ccc(-c4ccc5c(c4)OCO5)nn3)CC2)c(OC)c1. The molecule has 1 N–H and O–H groups in total.